The Balaban J connectivity index is 2.11. The van der Waals surface area contributed by atoms with E-state index in [2.05, 4.69) is 10.3 Å². The molecule has 0 radical (unpaired) electrons. The first kappa shape index (κ1) is 14.1. The first-order valence-corrected chi connectivity index (χ1v) is 6.15. The first-order chi connectivity index (χ1) is 9.58. The fourth-order valence-corrected chi connectivity index (χ4v) is 1.87. The Morgan fingerprint density at radius 2 is 2.20 bits per heavy atom. The lowest BCUT2D eigenvalue weighted by atomic mass is 10.1. The van der Waals surface area contributed by atoms with Crippen LogP contribution in [0.5, 0.6) is 0 Å². The summed E-state index contributed by atoms with van der Waals surface area (Å²) in [7, 11) is 0. The quantitative estimate of drug-likeness (QED) is 0.672. The lowest BCUT2D eigenvalue weighted by Gasteiger charge is -2.13. The Bertz CT molecular complexity index is 605. The molecule has 20 heavy (non-hydrogen) atoms. The standard InChI is InChI=1S/C14H14FN3O2/c1-10(13-4-2-3-7-16-13)17-9-11-8-12(15)5-6-14(11)18(19)20/h2-8,10,17H,9H2,1H3. The Kier molecular flexibility index (Phi) is 4.37. The smallest absolute Gasteiger partial charge is 0.274 e. The van der Waals surface area contributed by atoms with Gasteiger partial charge in [0, 0.05) is 30.4 Å². The minimum absolute atomic E-state index is 0.0842. The first-order valence-electron chi connectivity index (χ1n) is 6.15. The molecule has 0 spiro atoms. The van der Waals surface area contributed by atoms with Crippen molar-refractivity contribution in [2.24, 2.45) is 0 Å². The number of hydrogen-bond donors (Lipinski definition) is 1. The lowest BCUT2D eigenvalue weighted by molar-refractivity contribution is -0.385. The van der Waals surface area contributed by atoms with E-state index in [9.17, 15) is 14.5 Å². The monoisotopic (exact) mass is 275 g/mol. The summed E-state index contributed by atoms with van der Waals surface area (Å²) in [5.74, 6) is -0.488. The van der Waals surface area contributed by atoms with E-state index in [1.165, 1.54) is 12.1 Å². The number of nitro benzene ring substituents is 1. The number of rotatable bonds is 5. The zero-order valence-corrected chi connectivity index (χ0v) is 10.9. The number of pyridine rings is 1. The summed E-state index contributed by atoms with van der Waals surface area (Å²) in [5.41, 5.74) is 1.05. The normalized spacial score (nSPS) is 12.1. The number of benzene rings is 1. The Labute approximate surface area is 115 Å². The molecule has 0 aliphatic heterocycles. The molecule has 1 aromatic carbocycles. The zero-order chi connectivity index (χ0) is 14.5. The van der Waals surface area contributed by atoms with Crippen LogP contribution in [0.2, 0.25) is 0 Å². The molecule has 0 aliphatic rings. The highest BCUT2D eigenvalue weighted by Gasteiger charge is 2.15. The third-order valence-corrected chi connectivity index (χ3v) is 2.97. The van der Waals surface area contributed by atoms with E-state index in [1.807, 2.05) is 25.1 Å². The number of nitro groups is 1. The molecule has 0 saturated heterocycles. The van der Waals surface area contributed by atoms with Crippen molar-refractivity contribution in [3.8, 4) is 0 Å². The van der Waals surface area contributed by atoms with Gasteiger partial charge in [-0.1, -0.05) is 6.07 Å². The average Bonchev–Trinajstić information content (AvgIpc) is 2.45. The van der Waals surface area contributed by atoms with Crippen molar-refractivity contribution in [2.75, 3.05) is 0 Å². The lowest BCUT2D eigenvalue weighted by Crippen LogP contribution is -2.19. The molecule has 1 heterocycles. The molecule has 0 saturated carbocycles. The highest BCUT2D eigenvalue weighted by atomic mass is 19.1. The summed E-state index contributed by atoms with van der Waals surface area (Å²) in [5, 5.41) is 14.0. The minimum Gasteiger partial charge on any atom is -0.304 e. The number of nitrogens with zero attached hydrogens (tertiary/aromatic N) is 2. The van der Waals surface area contributed by atoms with Crippen molar-refractivity contribution in [1.29, 1.82) is 0 Å². The summed E-state index contributed by atoms with van der Waals surface area (Å²) >= 11 is 0. The molecule has 1 aromatic heterocycles. The van der Waals surface area contributed by atoms with Crippen LogP contribution in [0.1, 0.15) is 24.2 Å². The van der Waals surface area contributed by atoms with Crippen molar-refractivity contribution < 1.29 is 9.31 Å². The summed E-state index contributed by atoms with van der Waals surface area (Å²) in [6.45, 7) is 2.10. The van der Waals surface area contributed by atoms with Crippen molar-refractivity contribution in [3.05, 3.63) is 69.8 Å². The van der Waals surface area contributed by atoms with E-state index in [-0.39, 0.29) is 18.3 Å². The molecule has 5 nitrogen and oxygen atoms in total. The fraction of sp³-hybridized carbons (Fsp3) is 0.214. The van der Waals surface area contributed by atoms with E-state index in [0.29, 0.717) is 5.56 Å². The van der Waals surface area contributed by atoms with Crippen LogP contribution < -0.4 is 5.32 Å². The molecule has 0 bridgehead atoms. The van der Waals surface area contributed by atoms with Crippen LogP contribution in [-0.4, -0.2) is 9.91 Å². The van der Waals surface area contributed by atoms with E-state index in [0.717, 1.165) is 11.8 Å². The van der Waals surface area contributed by atoms with Gasteiger partial charge in [-0.2, -0.15) is 0 Å². The third-order valence-electron chi connectivity index (χ3n) is 2.97. The second kappa shape index (κ2) is 6.21. The number of aromatic nitrogens is 1. The van der Waals surface area contributed by atoms with Crippen molar-refractivity contribution in [1.82, 2.24) is 10.3 Å². The van der Waals surface area contributed by atoms with E-state index >= 15 is 0 Å². The van der Waals surface area contributed by atoms with Gasteiger partial charge in [-0.3, -0.25) is 15.1 Å². The van der Waals surface area contributed by atoms with Crippen molar-refractivity contribution in [3.63, 3.8) is 0 Å². The van der Waals surface area contributed by atoms with Crippen LogP contribution in [-0.2, 0) is 6.54 Å². The second-order valence-electron chi connectivity index (χ2n) is 4.39. The maximum Gasteiger partial charge on any atom is 0.274 e. The van der Waals surface area contributed by atoms with Crippen molar-refractivity contribution >= 4 is 5.69 Å². The topological polar surface area (TPSA) is 68.1 Å². The highest BCUT2D eigenvalue weighted by molar-refractivity contribution is 5.40. The van der Waals surface area contributed by atoms with Gasteiger partial charge in [0.05, 0.1) is 10.6 Å². The Morgan fingerprint density at radius 1 is 1.40 bits per heavy atom. The minimum atomic E-state index is -0.512. The van der Waals surface area contributed by atoms with Gasteiger partial charge in [0.25, 0.3) is 5.69 Å². The Hall–Kier alpha value is -2.34. The molecule has 1 unspecified atom stereocenters. The number of hydrogen-bond acceptors (Lipinski definition) is 4. The van der Waals surface area contributed by atoms with Crippen LogP contribution in [0.3, 0.4) is 0 Å². The zero-order valence-electron chi connectivity index (χ0n) is 10.9. The van der Waals surface area contributed by atoms with Gasteiger partial charge < -0.3 is 5.32 Å². The van der Waals surface area contributed by atoms with Crippen LogP contribution in [0.4, 0.5) is 10.1 Å². The Morgan fingerprint density at radius 3 is 2.85 bits per heavy atom. The van der Waals surface area contributed by atoms with Crippen molar-refractivity contribution in [2.45, 2.75) is 19.5 Å². The van der Waals surface area contributed by atoms with Crippen LogP contribution in [0, 0.1) is 15.9 Å². The molecular weight excluding hydrogens is 261 g/mol. The molecule has 0 fully saturated rings. The molecule has 6 heteroatoms. The molecule has 104 valence electrons. The van der Waals surface area contributed by atoms with Gasteiger partial charge in [-0.25, -0.2) is 4.39 Å². The predicted molar refractivity (Wildman–Crippen MR) is 72.5 cm³/mol. The van der Waals surface area contributed by atoms with Gasteiger partial charge in [-0.15, -0.1) is 0 Å². The molecule has 2 rings (SSSR count). The molecule has 0 aliphatic carbocycles. The van der Waals surface area contributed by atoms with Gasteiger partial charge in [0.1, 0.15) is 5.82 Å². The maximum absolute atomic E-state index is 13.2. The van der Waals surface area contributed by atoms with Crippen LogP contribution in [0.25, 0.3) is 0 Å². The maximum atomic E-state index is 13.2. The van der Waals surface area contributed by atoms with Crippen LogP contribution in [0.15, 0.2) is 42.6 Å². The van der Waals surface area contributed by atoms with Gasteiger partial charge in [-0.05, 0) is 31.2 Å². The number of halogens is 1. The second-order valence-corrected chi connectivity index (χ2v) is 4.39. The average molecular weight is 275 g/mol. The molecule has 2 aromatic rings. The largest absolute Gasteiger partial charge is 0.304 e. The van der Waals surface area contributed by atoms with Gasteiger partial charge in [0.15, 0.2) is 0 Å². The van der Waals surface area contributed by atoms with Gasteiger partial charge >= 0.3 is 0 Å². The molecule has 0 amide bonds. The summed E-state index contributed by atoms with van der Waals surface area (Å²) in [4.78, 5) is 14.6. The number of nitrogens with one attached hydrogen (secondary N) is 1. The van der Waals surface area contributed by atoms with E-state index in [1.54, 1.807) is 6.20 Å². The SMILES string of the molecule is CC(NCc1cc(F)ccc1[N+](=O)[O-])c1ccccn1. The molecular formula is C14H14FN3O2. The third kappa shape index (κ3) is 3.36. The summed E-state index contributed by atoms with van der Waals surface area (Å²) in [6, 6.07) is 8.90. The summed E-state index contributed by atoms with van der Waals surface area (Å²) in [6.07, 6.45) is 1.68. The van der Waals surface area contributed by atoms with Crippen LogP contribution >= 0.6 is 0 Å². The summed E-state index contributed by atoms with van der Waals surface area (Å²) < 4.78 is 13.2. The predicted octanol–water partition coefficient (Wildman–Crippen LogP) is 2.98. The molecule has 1 N–H and O–H groups in total. The van der Waals surface area contributed by atoms with E-state index in [4.69, 9.17) is 0 Å². The highest BCUT2D eigenvalue weighted by Crippen LogP contribution is 2.20. The fourth-order valence-electron chi connectivity index (χ4n) is 1.87. The van der Waals surface area contributed by atoms with E-state index < -0.39 is 10.7 Å². The van der Waals surface area contributed by atoms with Gasteiger partial charge in [0.2, 0.25) is 0 Å². The molecule has 1 atom stereocenters.